The molecule has 1 saturated carbocycles. The number of hydrogen-bond donors (Lipinski definition) is 2. The van der Waals surface area contributed by atoms with Crippen LogP contribution in [0.4, 0.5) is 5.69 Å². The molecule has 1 aliphatic rings. The van der Waals surface area contributed by atoms with E-state index in [9.17, 15) is 9.59 Å². The molecule has 102 valence electrons. The summed E-state index contributed by atoms with van der Waals surface area (Å²) in [5.41, 5.74) is 7.06. The predicted molar refractivity (Wildman–Crippen MR) is 75.0 cm³/mol. The lowest BCUT2D eigenvalue weighted by Gasteiger charge is -2.28. The van der Waals surface area contributed by atoms with E-state index in [1.54, 1.807) is 6.92 Å². The molecule has 0 aromatic heterocycles. The van der Waals surface area contributed by atoms with Crippen molar-refractivity contribution in [3.05, 3.63) is 29.8 Å². The predicted octanol–water partition coefficient (Wildman–Crippen LogP) is 2.35. The zero-order chi connectivity index (χ0) is 13.8. The van der Waals surface area contributed by atoms with Gasteiger partial charge < -0.3 is 11.1 Å². The maximum absolute atomic E-state index is 11.2. The van der Waals surface area contributed by atoms with Crippen LogP contribution in [0.25, 0.3) is 0 Å². The number of benzene rings is 1. The maximum atomic E-state index is 11.2. The lowest BCUT2D eigenvalue weighted by atomic mass is 9.85. The summed E-state index contributed by atoms with van der Waals surface area (Å²) in [7, 11) is 0. The molecule has 0 bridgehead atoms. The van der Waals surface area contributed by atoms with Crippen LogP contribution in [0.15, 0.2) is 24.3 Å². The van der Waals surface area contributed by atoms with E-state index in [4.69, 9.17) is 5.73 Å². The summed E-state index contributed by atoms with van der Waals surface area (Å²) in [6.07, 6.45) is 3.64. The molecule has 0 atom stereocenters. The van der Waals surface area contributed by atoms with Crippen LogP contribution in [0.2, 0.25) is 0 Å². The number of nitrogens with two attached hydrogens (primary N) is 1. The Morgan fingerprint density at radius 1 is 1.11 bits per heavy atom. The third-order valence-corrected chi connectivity index (χ3v) is 3.79. The molecule has 1 aromatic rings. The first-order chi connectivity index (χ1) is 9.06. The molecule has 0 saturated heterocycles. The van der Waals surface area contributed by atoms with Crippen molar-refractivity contribution >= 4 is 17.4 Å². The molecule has 0 unspecified atom stereocenters. The fourth-order valence-electron chi connectivity index (χ4n) is 2.56. The molecule has 0 aliphatic heterocycles. The first-order valence-electron chi connectivity index (χ1n) is 6.73. The Morgan fingerprint density at radius 2 is 1.68 bits per heavy atom. The van der Waals surface area contributed by atoms with E-state index >= 15 is 0 Å². The summed E-state index contributed by atoms with van der Waals surface area (Å²) in [6, 6.07) is 7.91. The minimum absolute atomic E-state index is 0.0399. The van der Waals surface area contributed by atoms with Gasteiger partial charge in [-0.05, 0) is 56.9 Å². The van der Waals surface area contributed by atoms with Crippen LogP contribution in [-0.2, 0) is 4.79 Å². The Morgan fingerprint density at radius 3 is 2.16 bits per heavy atom. The molecule has 4 heteroatoms. The van der Waals surface area contributed by atoms with E-state index in [1.165, 1.54) is 0 Å². The molecule has 1 aliphatic carbocycles. The Kier molecular flexibility index (Phi) is 4.20. The third kappa shape index (κ3) is 3.56. The number of ketones is 1. The number of primary amides is 1. The number of nitrogens with one attached hydrogen (secondary N) is 1. The summed E-state index contributed by atoms with van der Waals surface area (Å²) in [4.78, 5) is 22.3. The van der Waals surface area contributed by atoms with Crippen molar-refractivity contribution in [3.63, 3.8) is 0 Å². The van der Waals surface area contributed by atoms with Crippen molar-refractivity contribution in [2.24, 2.45) is 11.7 Å². The summed E-state index contributed by atoms with van der Waals surface area (Å²) in [6.45, 7) is 1.56. The van der Waals surface area contributed by atoms with Gasteiger partial charge in [-0.3, -0.25) is 9.59 Å². The molecule has 1 fully saturated rings. The highest BCUT2D eigenvalue weighted by Crippen LogP contribution is 2.26. The monoisotopic (exact) mass is 260 g/mol. The normalized spacial score (nSPS) is 22.8. The smallest absolute Gasteiger partial charge is 0.220 e. The lowest BCUT2D eigenvalue weighted by Crippen LogP contribution is -2.32. The molecule has 3 N–H and O–H groups in total. The van der Waals surface area contributed by atoms with Crippen molar-refractivity contribution in [2.45, 2.75) is 38.6 Å². The fraction of sp³-hybridized carbons (Fsp3) is 0.467. The van der Waals surface area contributed by atoms with Crippen molar-refractivity contribution in [3.8, 4) is 0 Å². The SMILES string of the molecule is CC(=O)c1ccc(NC2CCC(C(N)=O)CC2)cc1. The Bertz CT molecular complexity index is 460. The van der Waals surface area contributed by atoms with E-state index in [1.807, 2.05) is 24.3 Å². The topological polar surface area (TPSA) is 72.2 Å². The van der Waals surface area contributed by atoms with Crippen LogP contribution < -0.4 is 11.1 Å². The molecule has 0 heterocycles. The van der Waals surface area contributed by atoms with Gasteiger partial charge in [0.1, 0.15) is 0 Å². The molecular formula is C15H20N2O2. The standard InChI is InChI=1S/C15H20N2O2/c1-10(18)11-2-6-13(7-3-11)17-14-8-4-12(5-9-14)15(16)19/h2-3,6-7,12,14,17H,4-5,8-9H2,1H3,(H2,16,19). The van der Waals surface area contributed by atoms with Gasteiger partial charge in [0.15, 0.2) is 5.78 Å². The van der Waals surface area contributed by atoms with Gasteiger partial charge in [0, 0.05) is 23.2 Å². The van der Waals surface area contributed by atoms with Crippen LogP contribution in [-0.4, -0.2) is 17.7 Å². The average Bonchev–Trinajstić information content (AvgIpc) is 2.40. The first kappa shape index (κ1) is 13.6. The highest BCUT2D eigenvalue weighted by atomic mass is 16.1. The average molecular weight is 260 g/mol. The molecule has 1 amide bonds. The van der Waals surface area contributed by atoms with Crippen LogP contribution in [0.1, 0.15) is 43.0 Å². The quantitative estimate of drug-likeness (QED) is 0.816. The van der Waals surface area contributed by atoms with Gasteiger partial charge in [0.25, 0.3) is 0 Å². The number of carbonyl (C=O) groups is 2. The minimum atomic E-state index is -0.177. The minimum Gasteiger partial charge on any atom is -0.382 e. The number of Topliss-reactive ketones (excluding diaryl/α,β-unsaturated/α-hetero) is 1. The van der Waals surface area contributed by atoms with Crippen LogP contribution in [0, 0.1) is 5.92 Å². The molecule has 2 rings (SSSR count). The largest absolute Gasteiger partial charge is 0.382 e. The van der Waals surface area contributed by atoms with E-state index in [0.29, 0.717) is 6.04 Å². The van der Waals surface area contributed by atoms with E-state index < -0.39 is 0 Å². The maximum Gasteiger partial charge on any atom is 0.220 e. The van der Waals surface area contributed by atoms with E-state index in [2.05, 4.69) is 5.32 Å². The van der Waals surface area contributed by atoms with Gasteiger partial charge in [0.2, 0.25) is 5.91 Å². The number of amides is 1. The fourth-order valence-corrected chi connectivity index (χ4v) is 2.56. The summed E-state index contributed by atoms with van der Waals surface area (Å²) in [5.74, 6) is -0.0593. The second-order valence-corrected chi connectivity index (χ2v) is 5.23. The Balaban J connectivity index is 1.88. The van der Waals surface area contributed by atoms with E-state index in [0.717, 1.165) is 36.9 Å². The third-order valence-electron chi connectivity index (χ3n) is 3.79. The first-order valence-corrected chi connectivity index (χ1v) is 6.73. The van der Waals surface area contributed by atoms with Gasteiger partial charge in [-0.2, -0.15) is 0 Å². The number of anilines is 1. The van der Waals surface area contributed by atoms with Gasteiger partial charge in [-0.15, -0.1) is 0 Å². The summed E-state index contributed by atoms with van der Waals surface area (Å²) >= 11 is 0. The highest BCUT2D eigenvalue weighted by Gasteiger charge is 2.24. The summed E-state index contributed by atoms with van der Waals surface area (Å²) < 4.78 is 0. The molecule has 1 aromatic carbocycles. The van der Waals surface area contributed by atoms with Crippen LogP contribution in [0.3, 0.4) is 0 Å². The molecular weight excluding hydrogens is 240 g/mol. The molecule has 4 nitrogen and oxygen atoms in total. The highest BCUT2D eigenvalue weighted by molar-refractivity contribution is 5.94. The van der Waals surface area contributed by atoms with Crippen molar-refractivity contribution in [1.29, 1.82) is 0 Å². The zero-order valence-corrected chi connectivity index (χ0v) is 11.2. The van der Waals surface area contributed by atoms with Crippen LogP contribution >= 0.6 is 0 Å². The lowest BCUT2D eigenvalue weighted by molar-refractivity contribution is -0.122. The van der Waals surface area contributed by atoms with Crippen molar-refractivity contribution < 1.29 is 9.59 Å². The second kappa shape index (κ2) is 5.87. The van der Waals surface area contributed by atoms with Crippen molar-refractivity contribution in [1.82, 2.24) is 0 Å². The van der Waals surface area contributed by atoms with Crippen LogP contribution in [0.5, 0.6) is 0 Å². The summed E-state index contributed by atoms with van der Waals surface area (Å²) in [5, 5.41) is 3.44. The van der Waals surface area contributed by atoms with E-state index in [-0.39, 0.29) is 17.6 Å². The molecule has 19 heavy (non-hydrogen) atoms. The van der Waals surface area contributed by atoms with Gasteiger partial charge >= 0.3 is 0 Å². The Hall–Kier alpha value is -1.84. The second-order valence-electron chi connectivity index (χ2n) is 5.23. The number of hydrogen-bond acceptors (Lipinski definition) is 3. The van der Waals surface area contributed by atoms with Gasteiger partial charge in [-0.25, -0.2) is 0 Å². The van der Waals surface area contributed by atoms with Gasteiger partial charge in [0.05, 0.1) is 0 Å². The Labute approximate surface area is 113 Å². The van der Waals surface area contributed by atoms with Gasteiger partial charge in [-0.1, -0.05) is 0 Å². The molecule has 0 spiro atoms. The zero-order valence-electron chi connectivity index (χ0n) is 11.2. The number of carbonyl (C=O) groups excluding carboxylic acids is 2. The van der Waals surface area contributed by atoms with Crippen molar-refractivity contribution in [2.75, 3.05) is 5.32 Å². The molecule has 0 radical (unpaired) electrons. The number of rotatable bonds is 4.